The molecule has 0 saturated carbocycles. The fourth-order valence-electron chi connectivity index (χ4n) is 3.67. The first kappa shape index (κ1) is 20.4. The van der Waals surface area contributed by atoms with Crippen LogP contribution in [0.4, 0.5) is 0 Å². The summed E-state index contributed by atoms with van der Waals surface area (Å²) in [6.45, 7) is 1.89. The molecule has 1 aliphatic carbocycles. The Morgan fingerprint density at radius 2 is 1.96 bits per heavy atom. The standard InChI is InChI=1S/C20H28N2O3S2/c1-26-19-10-9-17(15-18(19)20(23)22-13-5-6-14-22)27(24,25)21-12-11-16-7-3-2-4-8-16/h7,9-10,15,21H,2-6,8,11-14H2,1H3. The summed E-state index contributed by atoms with van der Waals surface area (Å²) in [7, 11) is -3.62. The van der Waals surface area contributed by atoms with Crippen molar-refractivity contribution in [3.63, 3.8) is 0 Å². The van der Waals surface area contributed by atoms with Crippen LogP contribution in [0.3, 0.4) is 0 Å². The fourth-order valence-corrected chi connectivity index (χ4v) is 5.30. The minimum atomic E-state index is -3.62. The summed E-state index contributed by atoms with van der Waals surface area (Å²) in [5.41, 5.74) is 1.83. The van der Waals surface area contributed by atoms with Crippen molar-refractivity contribution in [2.45, 2.75) is 54.7 Å². The highest BCUT2D eigenvalue weighted by Crippen LogP contribution is 2.26. The van der Waals surface area contributed by atoms with Crippen LogP contribution in [0.25, 0.3) is 0 Å². The molecule has 1 fully saturated rings. The van der Waals surface area contributed by atoms with Gasteiger partial charge in [0.15, 0.2) is 0 Å². The minimum Gasteiger partial charge on any atom is -0.339 e. The molecule has 1 N–H and O–H groups in total. The van der Waals surface area contributed by atoms with Crippen molar-refractivity contribution in [2.24, 2.45) is 0 Å². The molecule has 1 heterocycles. The lowest BCUT2D eigenvalue weighted by Gasteiger charge is -2.18. The molecule has 2 aliphatic rings. The number of benzene rings is 1. The summed E-state index contributed by atoms with van der Waals surface area (Å²) in [5, 5.41) is 0. The maximum absolute atomic E-state index is 12.8. The lowest BCUT2D eigenvalue weighted by molar-refractivity contribution is 0.0789. The van der Waals surface area contributed by atoms with Gasteiger partial charge in [-0.1, -0.05) is 11.6 Å². The van der Waals surface area contributed by atoms with Gasteiger partial charge in [0, 0.05) is 24.5 Å². The van der Waals surface area contributed by atoms with Crippen molar-refractivity contribution >= 4 is 27.7 Å². The zero-order valence-corrected chi connectivity index (χ0v) is 17.5. The maximum atomic E-state index is 12.8. The Balaban J connectivity index is 1.73. The predicted molar refractivity (Wildman–Crippen MR) is 110 cm³/mol. The lowest BCUT2D eigenvalue weighted by Crippen LogP contribution is -2.29. The van der Waals surface area contributed by atoms with Gasteiger partial charge < -0.3 is 4.90 Å². The van der Waals surface area contributed by atoms with E-state index in [1.807, 2.05) is 11.2 Å². The van der Waals surface area contributed by atoms with Crippen molar-refractivity contribution in [2.75, 3.05) is 25.9 Å². The average molecular weight is 409 g/mol. The second kappa shape index (κ2) is 9.26. The number of rotatable bonds is 7. The topological polar surface area (TPSA) is 66.5 Å². The van der Waals surface area contributed by atoms with Crippen LogP contribution in [-0.2, 0) is 10.0 Å². The van der Waals surface area contributed by atoms with Crippen LogP contribution in [0.5, 0.6) is 0 Å². The molecule has 1 aromatic rings. The van der Waals surface area contributed by atoms with E-state index in [1.54, 1.807) is 12.1 Å². The van der Waals surface area contributed by atoms with E-state index in [2.05, 4.69) is 10.8 Å². The molecule has 0 atom stereocenters. The quantitative estimate of drug-likeness (QED) is 0.550. The van der Waals surface area contributed by atoms with Crippen LogP contribution >= 0.6 is 11.8 Å². The molecule has 0 aromatic heterocycles. The zero-order chi connectivity index (χ0) is 19.3. The van der Waals surface area contributed by atoms with E-state index in [0.29, 0.717) is 12.1 Å². The number of hydrogen-bond donors (Lipinski definition) is 1. The zero-order valence-electron chi connectivity index (χ0n) is 15.9. The summed E-state index contributed by atoms with van der Waals surface area (Å²) in [6, 6.07) is 4.87. The second-order valence-electron chi connectivity index (χ2n) is 7.12. The summed E-state index contributed by atoms with van der Waals surface area (Å²) in [4.78, 5) is 15.6. The van der Waals surface area contributed by atoms with Gasteiger partial charge in [0.2, 0.25) is 10.0 Å². The van der Waals surface area contributed by atoms with E-state index in [-0.39, 0.29) is 10.8 Å². The number of nitrogens with one attached hydrogen (secondary N) is 1. The van der Waals surface area contributed by atoms with Crippen molar-refractivity contribution in [1.82, 2.24) is 9.62 Å². The van der Waals surface area contributed by atoms with Gasteiger partial charge in [0.1, 0.15) is 0 Å². The number of thioether (sulfide) groups is 1. The van der Waals surface area contributed by atoms with E-state index in [9.17, 15) is 13.2 Å². The van der Waals surface area contributed by atoms with Gasteiger partial charge in [0.05, 0.1) is 10.5 Å². The van der Waals surface area contributed by atoms with Gasteiger partial charge in [-0.05, 0) is 69.4 Å². The Morgan fingerprint density at radius 3 is 2.63 bits per heavy atom. The minimum absolute atomic E-state index is 0.0683. The van der Waals surface area contributed by atoms with Crippen LogP contribution in [0.2, 0.25) is 0 Å². The van der Waals surface area contributed by atoms with Crippen molar-refractivity contribution < 1.29 is 13.2 Å². The Bertz CT molecular complexity index is 813. The summed E-state index contributed by atoms with van der Waals surface area (Å²) in [6.07, 6.45) is 11.5. The van der Waals surface area contributed by atoms with E-state index in [1.165, 1.54) is 36.2 Å². The number of hydrogen-bond acceptors (Lipinski definition) is 4. The highest BCUT2D eigenvalue weighted by atomic mass is 32.2. The largest absolute Gasteiger partial charge is 0.339 e. The number of amides is 1. The number of sulfonamides is 1. The Labute approximate surface area is 166 Å². The third-order valence-electron chi connectivity index (χ3n) is 5.23. The van der Waals surface area contributed by atoms with Crippen LogP contribution < -0.4 is 4.72 Å². The molecule has 0 bridgehead atoms. The maximum Gasteiger partial charge on any atom is 0.255 e. The SMILES string of the molecule is CSc1ccc(S(=O)(=O)NCCC2=CCCCC2)cc1C(=O)N1CCCC1. The van der Waals surface area contributed by atoms with Crippen molar-refractivity contribution in [3.05, 3.63) is 35.4 Å². The molecule has 0 spiro atoms. The second-order valence-corrected chi connectivity index (χ2v) is 9.73. The summed E-state index contributed by atoms with van der Waals surface area (Å²) >= 11 is 1.47. The molecule has 5 nitrogen and oxygen atoms in total. The highest BCUT2D eigenvalue weighted by molar-refractivity contribution is 7.98. The number of nitrogens with zero attached hydrogens (tertiary/aromatic N) is 1. The Morgan fingerprint density at radius 1 is 1.19 bits per heavy atom. The van der Waals surface area contributed by atoms with Gasteiger partial charge in [-0.25, -0.2) is 13.1 Å². The molecule has 3 rings (SSSR count). The summed E-state index contributed by atoms with van der Waals surface area (Å²) in [5.74, 6) is -0.0683. The molecular formula is C20H28N2O3S2. The molecule has 1 saturated heterocycles. The van der Waals surface area contributed by atoms with Crippen LogP contribution in [0.15, 0.2) is 39.6 Å². The Hall–Kier alpha value is -1.31. The van der Waals surface area contributed by atoms with Gasteiger partial charge in [-0.2, -0.15) is 0 Å². The van der Waals surface area contributed by atoms with Crippen LogP contribution in [-0.4, -0.2) is 45.1 Å². The third kappa shape index (κ3) is 5.15. The number of carbonyl (C=O) groups is 1. The molecule has 1 aromatic carbocycles. The molecule has 27 heavy (non-hydrogen) atoms. The van der Waals surface area contributed by atoms with Gasteiger partial charge >= 0.3 is 0 Å². The monoisotopic (exact) mass is 408 g/mol. The lowest BCUT2D eigenvalue weighted by atomic mass is 9.97. The molecule has 148 valence electrons. The Kier molecular flexibility index (Phi) is 7.00. The van der Waals surface area contributed by atoms with E-state index in [4.69, 9.17) is 0 Å². The normalized spacial score (nSPS) is 17.8. The van der Waals surface area contributed by atoms with Crippen LogP contribution in [0, 0.1) is 0 Å². The van der Waals surface area contributed by atoms with Crippen molar-refractivity contribution in [3.8, 4) is 0 Å². The molecule has 1 amide bonds. The third-order valence-corrected chi connectivity index (χ3v) is 7.48. The van der Waals surface area contributed by atoms with Gasteiger partial charge in [0.25, 0.3) is 5.91 Å². The predicted octanol–water partition coefficient (Wildman–Crippen LogP) is 3.81. The van der Waals surface area contributed by atoms with E-state index in [0.717, 1.165) is 50.1 Å². The fraction of sp³-hybridized carbons (Fsp3) is 0.550. The number of allylic oxidation sites excluding steroid dienone is 1. The first-order valence-electron chi connectivity index (χ1n) is 9.66. The van der Waals surface area contributed by atoms with Gasteiger partial charge in [-0.15, -0.1) is 11.8 Å². The average Bonchev–Trinajstić information content (AvgIpc) is 3.22. The first-order valence-corrected chi connectivity index (χ1v) is 12.4. The van der Waals surface area contributed by atoms with Crippen molar-refractivity contribution in [1.29, 1.82) is 0 Å². The van der Waals surface area contributed by atoms with E-state index < -0.39 is 10.0 Å². The molecular weight excluding hydrogens is 380 g/mol. The van der Waals surface area contributed by atoms with Gasteiger partial charge in [-0.3, -0.25) is 4.79 Å². The molecule has 0 unspecified atom stereocenters. The highest BCUT2D eigenvalue weighted by Gasteiger charge is 2.24. The summed E-state index contributed by atoms with van der Waals surface area (Å²) < 4.78 is 28.1. The first-order chi connectivity index (χ1) is 13.0. The smallest absolute Gasteiger partial charge is 0.255 e. The number of likely N-dealkylation sites (tertiary alicyclic amines) is 1. The number of carbonyl (C=O) groups excluding carboxylic acids is 1. The van der Waals surface area contributed by atoms with E-state index >= 15 is 0 Å². The molecule has 0 radical (unpaired) electrons. The van der Waals surface area contributed by atoms with Crippen LogP contribution in [0.1, 0.15) is 55.3 Å². The molecule has 1 aliphatic heterocycles. The molecule has 7 heteroatoms.